The quantitative estimate of drug-likeness (QED) is 0.452. The van der Waals surface area contributed by atoms with Crippen LogP contribution in [0.25, 0.3) is 0 Å². The van der Waals surface area contributed by atoms with E-state index in [1.54, 1.807) is 6.92 Å². The van der Waals surface area contributed by atoms with Crippen LogP contribution in [0.3, 0.4) is 0 Å². The lowest BCUT2D eigenvalue weighted by atomic mass is 10.1. The molecule has 2 heterocycles. The molecule has 1 aliphatic heterocycles. The summed E-state index contributed by atoms with van der Waals surface area (Å²) < 4.78 is 6.55. The Morgan fingerprint density at radius 3 is 2.94 bits per heavy atom. The number of aromatic nitrogens is 2. The molecule has 0 radical (unpaired) electrons. The predicted molar refractivity (Wildman–Crippen MR) is 62.4 cm³/mol. The Balaban J connectivity index is 2.35. The molecule has 0 unspecified atom stereocenters. The van der Waals surface area contributed by atoms with Gasteiger partial charge in [0.2, 0.25) is 0 Å². The van der Waals surface area contributed by atoms with Crippen molar-refractivity contribution in [3.05, 3.63) is 22.2 Å². The molecule has 1 aromatic heterocycles. The number of aliphatic hydroxyl groups excluding tert-OH is 1. The van der Waals surface area contributed by atoms with Gasteiger partial charge in [0.15, 0.2) is 0 Å². The van der Waals surface area contributed by atoms with Crippen molar-refractivity contribution in [2.24, 2.45) is 5.73 Å². The van der Waals surface area contributed by atoms with Gasteiger partial charge < -0.3 is 26.4 Å². The van der Waals surface area contributed by atoms with Gasteiger partial charge in [0, 0.05) is 18.2 Å². The van der Waals surface area contributed by atoms with Gasteiger partial charge in [0.1, 0.15) is 23.9 Å². The SMILES string of the molecule is Cc1cn([C@H]2C[C@](N)(O)[C@@H](CO)O2)c(=O)nc1N. The highest BCUT2D eigenvalue weighted by atomic mass is 16.5. The summed E-state index contributed by atoms with van der Waals surface area (Å²) >= 11 is 0. The molecule has 0 saturated carbocycles. The number of rotatable bonds is 2. The van der Waals surface area contributed by atoms with Crippen molar-refractivity contribution in [1.29, 1.82) is 0 Å². The highest BCUT2D eigenvalue weighted by molar-refractivity contribution is 5.35. The predicted octanol–water partition coefficient (Wildman–Crippen LogP) is -1.94. The van der Waals surface area contributed by atoms with E-state index < -0.39 is 30.4 Å². The lowest BCUT2D eigenvalue weighted by Crippen LogP contribution is -2.48. The first-order valence-electron chi connectivity index (χ1n) is 5.48. The molecule has 0 aromatic carbocycles. The van der Waals surface area contributed by atoms with Crippen molar-refractivity contribution in [2.75, 3.05) is 12.3 Å². The van der Waals surface area contributed by atoms with E-state index in [-0.39, 0.29) is 12.2 Å². The van der Waals surface area contributed by atoms with Crippen LogP contribution in [0, 0.1) is 6.92 Å². The first-order chi connectivity index (χ1) is 8.35. The van der Waals surface area contributed by atoms with Crippen molar-refractivity contribution in [2.45, 2.75) is 31.4 Å². The molecule has 0 amide bonds. The first kappa shape index (κ1) is 13.0. The molecule has 1 aromatic rings. The van der Waals surface area contributed by atoms with Gasteiger partial charge in [0.25, 0.3) is 0 Å². The lowest BCUT2D eigenvalue weighted by molar-refractivity contribution is -0.0800. The van der Waals surface area contributed by atoms with Crippen LogP contribution in [0.15, 0.2) is 11.0 Å². The highest BCUT2D eigenvalue weighted by Gasteiger charge is 2.45. The van der Waals surface area contributed by atoms with E-state index in [2.05, 4.69) is 4.98 Å². The first-order valence-corrected chi connectivity index (χ1v) is 5.48. The maximum atomic E-state index is 11.7. The minimum atomic E-state index is -1.67. The third kappa shape index (κ3) is 2.10. The minimum absolute atomic E-state index is 0.0107. The van der Waals surface area contributed by atoms with Crippen molar-refractivity contribution < 1.29 is 14.9 Å². The summed E-state index contributed by atoms with van der Waals surface area (Å²) in [5.41, 5.74) is 9.46. The molecule has 1 fully saturated rings. The molecule has 1 aliphatic rings. The molecule has 100 valence electrons. The molecule has 8 heteroatoms. The molecular weight excluding hydrogens is 240 g/mol. The fourth-order valence-electron chi connectivity index (χ4n) is 1.92. The monoisotopic (exact) mass is 256 g/mol. The molecular formula is C10H16N4O4. The van der Waals surface area contributed by atoms with Crippen molar-refractivity contribution in [3.8, 4) is 0 Å². The Morgan fingerprint density at radius 2 is 2.39 bits per heavy atom. The fourth-order valence-corrected chi connectivity index (χ4v) is 1.92. The molecule has 6 N–H and O–H groups in total. The van der Waals surface area contributed by atoms with E-state index in [9.17, 15) is 9.90 Å². The van der Waals surface area contributed by atoms with Gasteiger partial charge >= 0.3 is 5.69 Å². The number of anilines is 1. The topological polar surface area (TPSA) is 137 Å². The van der Waals surface area contributed by atoms with Crippen LogP contribution >= 0.6 is 0 Å². The van der Waals surface area contributed by atoms with Crippen molar-refractivity contribution in [3.63, 3.8) is 0 Å². The number of nitrogen functional groups attached to an aromatic ring is 1. The van der Waals surface area contributed by atoms with Gasteiger partial charge in [-0.15, -0.1) is 0 Å². The number of ether oxygens (including phenoxy) is 1. The molecule has 0 aliphatic carbocycles. The highest BCUT2D eigenvalue weighted by Crippen LogP contribution is 2.32. The lowest BCUT2D eigenvalue weighted by Gasteiger charge is -2.20. The van der Waals surface area contributed by atoms with Crippen LogP contribution < -0.4 is 17.2 Å². The zero-order chi connectivity index (χ0) is 13.5. The van der Waals surface area contributed by atoms with E-state index in [0.717, 1.165) is 0 Å². The Kier molecular flexibility index (Phi) is 3.11. The summed E-state index contributed by atoms with van der Waals surface area (Å²) in [7, 11) is 0. The van der Waals surface area contributed by atoms with Crippen LogP contribution in [0.2, 0.25) is 0 Å². The minimum Gasteiger partial charge on any atom is -0.393 e. The van der Waals surface area contributed by atoms with Crippen LogP contribution in [-0.4, -0.2) is 38.2 Å². The van der Waals surface area contributed by atoms with Gasteiger partial charge in [-0.3, -0.25) is 4.57 Å². The number of hydrogen-bond donors (Lipinski definition) is 4. The van der Waals surface area contributed by atoms with Crippen molar-refractivity contribution >= 4 is 5.82 Å². The zero-order valence-electron chi connectivity index (χ0n) is 9.91. The van der Waals surface area contributed by atoms with Crippen LogP contribution in [0.4, 0.5) is 5.82 Å². The van der Waals surface area contributed by atoms with Crippen LogP contribution in [0.1, 0.15) is 18.2 Å². The maximum Gasteiger partial charge on any atom is 0.351 e. The number of hydrogen-bond acceptors (Lipinski definition) is 7. The molecule has 8 nitrogen and oxygen atoms in total. The van der Waals surface area contributed by atoms with Gasteiger partial charge in [-0.1, -0.05) is 0 Å². The Labute approximate surface area is 103 Å². The van der Waals surface area contributed by atoms with E-state index in [1.807, 2.05) is 0 Å². The summed E-state index contributed by atoms with van der Waals surface area (Å²) in [5.74, 6) is 0.149. The van der Waals surface area contributed by atoms with Crippen LogP contribution in [-0.2, 0) is 4.74 Å². The van der Waals surface area contributed by atoms with E-state index in [4.69, 9.17) is 21.3 Å². The Bertz CT molecular complexity index is 513. The molecule has 0 spiro atoms. The zero-order valence-corrected chi connectivity index (χ0v) is 9.91. The number of nitrogens with two attached hydrogens (primary N) is 2. The van der Waals surface area contributed by atoms with Gasteiger partial charge in [0.05, 0.1) is 6.61 Å². The van der Waals surface area contributed by atoms with Crippen LogP contribution in [0.5, 0.6) is 0 Å². The van der Waals surface area contributed by atoms with E-state index >= 15 is 0 Å². The number of aryl methyl sites for hydroxylation is 1. The molecule has 18 heavy (non-hydrogen) atoms. The second-order valence-electron chi connectivity index (χ2n) is 4.46. The average molecular weight is 256 g/mol. The summed E-state index contributed by atoms with van der Waals surface area (Å²) in [5, 5.41) is 18.9. The summed E-state index contributed by atoms with van der Waals surface area (Å²) in [6, 6.07) is 0. The molecule has 3 atom stereocenters. The summed E-state index contributed by atoms with van der Waals surface area (Å²) in [6.07, 6.45) is -0.224. The third-order valence-corrected chi connectivity index (χ3v) is 3.03. The molecule has 2 rings (SSSR count). The maximum absolute atomic E-state index is 11.7. The fraction of sp³-hybridized carbons (Fsp3) is 0.600. The van der Waals surface area contributed by atoms with Gasteiger partial charge in [-0.2, -0.15) is 4.98 Å². The number of nitrogens with zero attached hydrogens (tertiary/aromatic N) is 2. The van der Waals surface area contributed by atoms with Gasteiger partial charge in [-0.25, -0.2) is 4.79 Å². The second-order valence-corrected chi connectivity index (χ2v) is 4.46. The normalized spacial score (nSPS) is 31.8. The summed E-state index contributed by atoms with van der Waals surface area (Å²) in [4.78, 5) is 15.3. The second kappa shape index (κ2) is 4.32. The summed E-state index contributed by atoms with van der Waals surface area (Å²) in [6.45, 7) is 1.27. The van der Waals surface area contributed by atoms with E-state index in [1.165, 1.54) is 10.8 Å². The Hall–Kier alpha value is -1.48. The smallest absolute Gasteiger partial charge is 0.351 e. The van der Waals surface area contributed by atoms with Crippen molar-refractivity contribution in [1.82, 2.24) is 9.55 Å². The standard InChI is InChI=1S/C10H16N4O4/c1-5-3-14(9(16)13-8(5)11)7-2-10(12,17)6(4-15)18-7/h3,6-7,15,17H,2,4,12H2,1H3,(H2,11,13,16)/t6-,7-,10+/m1/s1. The van der Waals surface area contributed by atoms with E-state index in [0.29, 0.717) is 5.56 Å². The average Bonchev–Trinajstić information content (AvgIpc) is 2.58. The molecule has 1 saturated heterocycles. The third-order valence-electron chi connectivity index (χ3n) is 3.03. The largest absolute Gasteiger partial charge is 0.393 e. The van der Waals surface area contributed by atoms with Gasteiger partial charge in [-0.05, 0) is 6.92 Å². The Morgan fingerprint density at radius 1 is 1.72 bits per heavy atom. The number of aliphatic hydroxyl groups is 2. The molecule has 0 bridgehead atoms.